The van der Waals surface area contributed by atoms with Crippen LogP contribution in [0.2, 0.25) is 0 Å². The van der Waals surface area contributed by atoms with Crippen molar-refractivity contribution in [2.75, 3.05) is 10.7 Å². The lowest BCUT2D eigenvalue weighted by Gasteiger charge is -2.19. The molecule has 2 aromatic carbocycles. The topological polar surface area (TPSA) is 46.1 Å². The monoisotopic (exact) mass is 433 g/mol. The zero-order valence-electron chi connectivity index (χ0n) is 17.3. The summed E-state index contributed by atoms with van der Waals surface area (Å²) in [7, 11) is 0. The maximum atomic E-state index is 13.5. The lowest BCUT2D eigenvalue weighted by molar-refractivity contribution is 0.0984. The van der Waals surface area contributed by atoms with Crippen LogP contribution in [0.25, 0.3) is 10.2 Å². The number of aromatic nitrogens is 2. The summed E-state index contributed by atoms with van der Waals surface area (Å²) in [5, 5.41) is 0.696. The fraction of sp³-hybridized carbons (Fsp3) is 0.208. The van der Waals surface area contributed by atoms with Crippen LogP contribution in [0.1, 0.15) is 34.1 Å². The molecule has 0 aliphatic heterocycles. The van der Waals surface area contributed by atoms with E-state index in [0.717, 1.165) is 26.6 Å². The third-order valence-electron chi connectivity index (χ3n) is 4.74. The average molecular weight is 434 g/mol. The highest BCUT2D eigenvalue weighted by atomic mass is 32.2. The van der Waals surface area contributed by atoms with Gasteiger partial charge in [-0.25, -0.2) is 4.98 Å². The number of pyridine rings is 1. The number of carbonyl (C=O) groups excluding carboxylic acids is 1. The zero-order chi connectivity index (χ0) is 21.1. The van der Waals surface area contributed by atoms with Gasteiger partial charge in [-0.1, -0.05) is 30.4 Å². The molecule has 0 aliphatic rings. The predicted molar refractivity (Wildman–Crippen MR) is 127 cm³/mol. The van der Waals surface area contributed by atoms with Gasteiger partial charge in [0.2, 0.25) is 0 Å². The van der Waals surface area contributed by atoms with Crippen LogP contribution in [0.5, 0.6) is 0 Å². The first-order valence-corrected chi connectivity index (χ1v) is 11.7. The molecule has 1 amide bonds. The second-order valence-electron chi connectivity index (χ2n) is 7.10. The van der Waals surface area contributed by atoms with Crippen LogP contribution in [0.15, 0.2) is 65.7 Å². The minimum atomic E-state index is -0.0675. The number of thioether (sulfide) groups is 1. The number of fused-ring (bicyclic) bond motifs is 1. The molecule has 0 aliphatic carbocycles. The lowest BCUT2D eigenvalue weighted by Crippen LogP contribution is -2.30. The van der Waals surface area contributed by atoms with Crippen molar-refractivity contribution in [3.63, 3.8) is 0 Å². The summed E-state index contributed by atoms with van der Waals surface area (Å²) < 4.78 is 1.11. The molecule has 4 nitrogen and oxygen atoms in total. The van der Waals surface area contributed by atoms with Crippen molar-refractivity contribution in [2.24, 2.45) is 0 Å². The molecule has 4 rings (SSSR count). The number of thiazole rings is 1. The Morgan fingerprint density at radius 2 is 1.90 bits per heavy atom. The summed E-state index contributed by atoms with van der Waals surface area (Å²) in [6.07, 6.45) is 1.75. The Bertz CT molecular complexity index is 1170. The largest absolute Gasteiger partial charge is 0.278 e. The molecule has 4 aromatic rings. The van der Waals surface area contributed by atoms with E-state index in [-0.39, 0.29) is 5.91 Å². The molecule has 0 radical (unpaired) electrons. The van der Waals surface area contributed by atoms with Crippen molar-refractivity contribution in [2.45, 2.75) is 32.2 Å². The van der Waals surface area contributed by atoms with E-state index in [2.05, 4.69) is 37.9 Å². The number of nitrogens with zero attached hydrogens (tertiary/aromatic N) is 3. The lowest BCUT2D eigenvalue weighted by atomic mass is 10.1. The van der Waals surface area contributed by atoms with Gasteiger partial charge in [-0.15, -0.1) is 11.8 Å². The fourth-order valence-electron chi connectivity index (χ4n) is 3.38. The number of aryl methyl sites for hydroxylation is 2. The average Bonchev–Trinajstić information content (AvgIpc) is 3.17. The first-order valence-electron chi connectivity index (χ1n) is 9.87. The summed E-state index contributed by atoms with van der Waals surface area (Å²) in [6.45, 7) is 6.66. The van der Waals surface area contributed by atoms with Gasteiger partial charge in [-0.3, -0.25) is 14.7 Å². The van der Waals surface area contributed by atoms with E-state index >= 15 is 0 Å². The highest BCUT2D eigenvalue weighted by molar-refractivity contribution is 7.99. The molecule has 6 heteroatoms. The molecule has 0 unspecified atom stereocenters. The van der Waals surface area contributed by atoms with Gasteiger partial charge < -0.3 is 0 Å². The van der Waals surface area contributed by atoms with E-state index in [1.807, 2.05) is 42.5 Å². The number of hydrogen-bond acceptors (Lipinski definition) is 5. The quantitative estimate of drug-likeness (QED) is 0.336. The number of hydrogen-bond donors (Lipinski definition) is 0. The first kappa shape index (κ1) is 20.6. The molecule has 0 saturated heterocycles. The Labute approximate surface area is 185 Å². The molecule has 0 atom stereocenters. The van der Waals surface area contributed by atoms with Crippen molar-refractivity contribution in [3.8, 4) is 0 Å². The van der Waals surface area contributed by atoms with E-state index in [0.29, 0.717) is 17.2 Å². The van der Waals surface area contributed by atoms with Crippen molar-refractivity contribution in [3.05, 3.63) is 83.2 Å². The van der Waals surface area contributed by atoms with Crippen LogP contribution < -0.4 is 4.90 Å². The minimum absolute atomic E-state index is 0.0675. The SMILES string of the molecule is CCSc1ccc(C(=O)N(Cc2ccccn2)c2nc3cc(C)cc(C)c3s2)cc1. The second-order valence-corrected chi connectivity index (χ2v) is 9.41. The first-order chi connectivity index (χ1) is 14.5. The molecule has 2 heterocycles. The summed E-state index contributed by atoms with van der Waals surface area (Å²) in [6, 6.07) is 17.8. The molecule has 152 valence electrons. The third-order valence-corrected chi connectivity index (χ3v) is 6.87. The van der Waals surface area contributed by atoms with Crippen LogP contribution >= 0.6 is 23.1 Å². The molecule has 30 heavy (non-hydrogen) atoms. The highest BCUT2D eigenvalue weighted by Gasteiger charge is 2.22. The molecular formula is C24H23N3OS2. The Morgan fingerprint density at radius 3 is 2.60 bits per heavy atom. The Kier molecular flexibility index (Phi) is 6.16. The van der Waals surface area contributed by atoms with E-state index in [9.17, 15) is 4.79 Å². The number of rotatable bonds is 6. The number of anilines is 1. The smallest absolute Gasteiger partial charge is 0.260 e. The second kappa shape index (κ2) is 8.98. The van der Waals surface area contributed by atoms with Gasteiger partial charge in [0.15, 0.2) is 5.13 Å². The van der Waals surface area contributed by atoms with Gasteiger partial charge in [0.1, 0.15) is 0 Å². The highest BCUT2D eigenvalue weighted by Crippen LogP contribution is 2.33. The van der Waals surface area contributed by atoms with Gasteiger partial charge >= 0.3 is 0 Å². The van der Waals surface area contributed by atoms with Crippen LogP contribution in [0, 0.1) is 13.8 Å². The van der Waals surface area contributed by atoms with Gasteiger partial charge in [-0.05, 0) is 73.2 Å². The van der Waals surface area contributed by atoms with Crippen molar-refractivity contribution < 1.29 is 4.79 Å². The van der Waals surface area contributed by atoms with Gasteiger partial charge in [0, 0.05) is 16.7 Å². The standard InChI is InChI=1S/C24H23N3OS2/c1-4-29-20-10-8-18(9-11-20)23(28)27(15-19-7-5-6-12-25-19)24-26-21-14-16(2)13-17(3)22(21)30-24/h5-14H,4,15H2,1-3H3. The summed E-state index contributed by atoms with van der Waals surface area (Å²) in [4.78, 5) is 25.6. The van der Waals surface area contributed by atoms with E-state index in [1.165, 1.54) is 11.1 Å². The summed E-state index contributed by atoms with van der Waals surface area (Å²) in [5.41, 5.74) is 4.76. The Hall–Kier alpha value is -2.70. The van der Waals surface area contributed by atoms with Crippen LogP contribution in [0.4, 0.5) is 5.13 Å². The number of amides is 1. The maximum Gasteiger partial charge on any atom is 0.260 e. The number of carbonyl (C=O) groups is 1. The van der Waals surface area contributed by atoms with Crippen molar-refractivity contribution in [1.29, 1.82) is 0 Å². The number of benzene rings is 2. The minimum Gasteiger partial charge on any atom is -0.278 e. The van der Waals surface area contributed by atoms with Gasteiger partial charge in [0.25, 0.3) is 5.91 Å². The molecule has 0 N–H and O–H groups in total. The molecular weight excluding hydrogens is 410 g/mol. The van der Waals surface area contributed by atoms with E-state index in [1.54, 1.807) is 34.2 Å². The fourth-order valence-corrected chi connectivity index (χ4v) is 5.05. The molecule has 0 spiro atoms. The molecule has 0 saturated carbocycles. The Morgan fingerprint density at radius 1 is 1.10 bits per heavy atom. The maximum absolute atomic E-state index is 13.5. The van der Waals surface area contributed by atoms with E-state index in [4.69, 9.17) is 4.98 Å². The van der Waals surface area contributed by atoms with Gasteiger partial charge in [-0.2, -0.15) is 0 Å². The zero-order valence-corrected chi connectivity index (χ0v) is 18.9. The molecule has 0 fully saturated rings. The molecule has 0 bridgehead atoms. The summed E-state index contributed by atoms with van der Waals surface area (Å²) >= 11 is 3.32. The van der Waals surface area contributed by atoms with Crippen LogP contribution in [0.3, 0.4) is 0 Å². The van der Waals surface area contributed by atoms with Crippen molar-refractivity contribution in [1.82, 2.24) is 9.97 Å². The van der Waals surface area contributed by atoms with Crippen LogP contribution in [-0.2, 0) is 6.54 Å². The molecule has 2 aromatic heterocycles. The van der Waals surface area contributed by atoms with Crippen LogP contribution in [-0.4, -0.2) is 21.6 Å². The third kappa shape index (κ3) is 4.40. The van der Waals surface area contributed by atoms with E-state index < -0.39 is 0 Å². The normalized spacial score (nSPS) is 11.0. The predicted octanol–water partition coefficient (Wildman–Crippen LogP) is 6.27. The van der Waals surface area contributed by atoms with Crippen molar-refractivity contribution >= 4 is 44.4 Å². The van der Waals surface area contributed by atoms with Gasteiger partial charge in [0.05, 0.1) is 22.5 Å². The Balaban J connectivity index is 1.74. The summed E-state index contributed by atoms with van der Waals surface area (Å²) in [5.74, 6) is 0.936.